The average Bonchev–Trinajstić information content (AvgIpc) is 2.69. The number of nitrogens with one attached hydrogen (secondary N) is 1. The van der Waals surface area contributed by atoms with Crippen molar-refractivity contribution in [2.75, 3.05) is 25.5 Å². The molecule has 0 unspecified atom stereocenters. The number of amides is 1. The minimum absolute atomic E-state index is 0.178. The Hall–Kier alpha value is -2.38. The van der Waals surface area contributed by atoms with Crippen molar-refractivity contribution in [1.82, 2.24) is 4.31 Å². The van der Waals surface area contributed by atoms with E-state index in [1.807, 2.05) is 19.1 Å². The highest BCUT2D eigenvalue weighted by Gasteiger charge is 2.33. The fraction of sp³-hybridized carbons (Fsp3) is 0.350. The molecule has 0 spiro atoms. The molecule has 0 saturated carbocycles. The molecule has 6 nitrogen and oxygen atoms in total. The van der Waals surface area contributed by atoms with E-state index in [0.717, 1.165) is 5.56 Å². The van der Waals surface area contributed by atoms with Crippen molar-refractivity contribution in [2.24, 2.45) is 5.92 Å². The molecular formula is C20H24N2O4S. The monoisotopic (exact) mass is 388 g/mol. The molecule has 0 radical (unpaired) electrons. The fourth-order valence-corrected chi connectivity index (χ4v) is 4.82. The van der Waals surface area contributed by atoms with Crippen molar-refractivity contribution in [3.05, 3.63) is 54.1 Å². The second kappa shape index (κ2) is 8.10. The molecule has 1 aliphatic heterocycles. The van der Waals surface area contributed by atoms with E-state index >= 15 is 0 Å². The van der Waals surface area contributed by atoms with Crippen LogP contribution in [-0.4, -0.2) is 38.8 Å². The lowest BCUT2D eigenvalue weighted by molar-refractivity contribution is -0.120. The van der Waals surface area contributed by atoms with Gasteiger partial charge < -0.3 is 10.1 Å². The number of ether oxygens (including phenoxy) is 1. The van der Waals surface area contributed by atoms with E-state index in [2.05, 4.69) is 5.32 Å². The number of anilines is 1. The van der Waals surface area contributed by atoms with Gasteiger partial charge in [0.1, 0.15) is 5.75 Å². The molecule has 0 aliphatic carbocycles. The lowest BCUT2D eigenvalue weighted by atomic mass is 9.98. The number of nitrogens with zero attached hydrogens (tertiary/aromatic N) is 1. The van der Waals surface area contributed by atoms with Gasteiger partial charge in [-0.3, -0.25) is 4.79 Å². The zero-order valence-electron chi connectivity index (χ0n) is 15.5. The molecule has 1 heterocycles. The van der Waals surface area contributed by atoms with Gasteiger partial charge in [0.25, 0.3) is 0 Å². The van der Waals surface area contributed by atoms with Crippen LogP contribution in [0.2, 0.25) is 0 Å². The van der Waals surface area contributed by atoms with Crippen molar-refractivity contribution < 1.29 is 17.9 Å². The number of hydrogen-bond acceptors (Lipinski definition) is 4. The molecule has 0 aromatic heterocycles. The standard InChI is InChI=1S/C20H24N2O4S/c1-15-10-11-19(26-2)18(13-15)21-20(23)16-7-6-12-22(14-16)27(24,25)17-8-4-3-5-9-17/h3-5,8-11,13,16H,6-7,12,14H2,1-2H3,(H,21,23)/t16-/m0/s1. The van der Waals surface area contributed by atoms with Crippen molar-refractivity contribution in [2.45, 2.75) is 24.7 Å². The van der Waals surface area contributed by atoms with Gasteiger partial charge in [0.05, 0.1) is 23.6 Å². The van der Waals surface area contributed by atoms with Crippen molar-refractivity contribution in [1.29, 1.82) is 0 Å². The SMILES string of the molecule is COc1ccc(C)cc1NC(=O)[C@H]1CCCN(S(=O)(=O)c2ccccc2)C1. The van der Waals surface area contributed by atoms with Crippen LogP contribution in [0.4, 0.5) is 5.69 Å². The predicted octanol–water partition coefficient (Wildman–Crippen LogP) is 3.04. The summed E-state index contributed by atoms with van der Waals surface area (Å²) in [5.41, 5.74) is 1.61. The lowest BCUT2D eigenvalue weighted by Crippen LogP contribution is -2.43. The van der Waals surface area contributed by atoms with E-state index in [1.54, 1.807) is 43.5 Å². The minimum Gasteiger partial charge on any atom is -0.495 e. The number of benzene rings is 2. The van der Waals surface area contributed by atoms with Gasteiger partial charge in [-0.05, 0) is 49.6 Å². The molecule has 1 fully saturated rings. The van der Waals surface area contributed by atoms with Crippen LogP contribution in [0, 0.1) is 12.8 Å². The van der Waals surface area contributed by atoms with Crippen LogP contribution in [-0.2, 0) is 14.8 Å². The van der Waals surface area contributed by atoms with Crippen LogP contribution < -0.4 is 10.1 Å². The van der Waals surface area contributed by atoms with Gasteiger partial charge in [-0.1, -0.05) is 24.3 Å². The molecule has 1 saturated heterocycles. The van der Waals surface area contributed by atoms with Crippen LogP contribution in [0.1, 0.15) is 18.4 Å². The van der Waals surface area contributed by atoms with Crippen LogP contribution in [0.25, 0.3) is 0 Å². The van der Waals surface area contributed by atoms with Gasteiger partial charge in [0.2, 0.25) is 15.9 Å². The molecular weight excluding hydrogens is 364 g/mol. The maximum absolute atomic E-state index is 12.8. The van der Waals surface area contributed by atoms with E-state index in [4.69, 9.17) is 4.74 Å². The largest absolute Gasteiger partial charge is 0.495 e. The number of rotatable bonds is 5. The Kier molecular flexibility index (Phi) is 5.82. The summed E-state index contributed by atoms with van der Waals surface area (Å²) in [7, 11) is -2.04. The first-order chi connectivity index (χ1) is 12.9. The molecule has 7 heteroatoms. The van der Waals surface area contributed by atoms with Gasteiger partial charge in [-0.15, -0.1) is 0 Å². The van der Waals surface area contributed by atoms with Gasteiger partial charge >= 0.3 is 0 Å². The lowest BCUT2D eigenvalue weighted by Gasteiger charge is -2.31. The van der Waals surface area contributed by atoms with Crippen molar-refractivity contribution in [3.63, 3.8) is 0 Å². The van der Waals surface area contributed by atoms with Crippen LogP contribution in [0.5, 0.6) is 5.75 Å². The van der Waals surface area contributed by atoms with E-state index in [1.165, 1.54) is 4.31 Å². The molecule has 1 N–H and O–H groups in total. The van der Waals surface area contributed by atoms with Crippen LogP contribution >= 0.6 is 0 Å². The molecule has 2 aromatic carbocycles. The fourth-order valence-electron chi connectivity index (χ4n) is 3.27. The summed E-state index contributed by atoms with van der Waals surface area (Å²) in [6.07, 6.45) is 1.30. The summed E-state index contributed by atoms with van der Waals surface area (Å²) in [5, 5.41) is 2.90. The third kappa shape index (κ3) is 4.31. The number of carbonyl (C=O) groups is 1. The number of piperidine rings is 1. The summed E-state index contributed by atoms with van der Waals surface area (Å²) in [5.74, 6) is -0.00663. The highest BCUT2D eigenvalue weighted by atomic mass is 32.2. The predicted molar refractivity (Wildman–Crippen MR) is 104 cm³/mol. The zero-order valence-corrected chi connectivity index (χ0v) is 16.3. The summed E-state index contributed by atoms with van der Waals surface area (Å²) < 4.78 is 32.4. The second-order valence-electron chi connectivity index (χ2n) is 6.71. The van der Waals surface area contributed by atoms with E-state index < -0.39 is 15.9 Å². The molecule has 0 bridgehead atoms. The summed E-state index contributed by atoms with van der Waals surface area (Å²) in [4.78, 5) is 13.0. The number of hydrogen-bond donors (Lipinski definition) is 1. The Morgan fingerprint density at radius 3 is 2.63 bits per heavy atom. The normalized spacial score (nSPS) is 18.1. The molecule has 27 heavy (non-hydrogen) atoms. The Bertz CT molecular complexity index is 913. The van der Waals surface area contributed by atoms with Crippen LogP contribution in [0.3, 0.4) is 0 Å². The average molecular weight is 388 g/mol. The Morgan fingerprint density at radius 2 is 1.93 bits per heavy atom. The molecule has 1 aliphatic rings. The van der Waals surface area contributed by atoms with Gasteiger partial charge in [0.15, 0.2) is 0 Å². The topological polar surface area (TPSA) is 75.7 Å². The van der Waals surface area contributed by atoms with E-state index in [-0.39, 0.29) is 17.3 Å². The second-order valence-corrected chi connectivity index (χ2v) is 8.65. The number of methoxy groups -OCH3 is 1. The number of carbonyl (C=O) groups excluding carboxylic acids is 1. The highest BCUT2D eigenvalue weighted by molar-refractivity contribution is 7.89. The van der Waals surface area contributed by atoms with Crippen molar-refractivity contribution >= 4 is 21.6 Å². The number of sulfonamides is 1. The van der Waals surface area contributed by atoms with E-state index in [9.17, 15) is 13.2 Å². The first kappa shape index (κ1) is 19.4. The van der Waals surface area contributed by atoms with E-state index in [0.29, 0.717) is 30.8 Å². The first-order valence-corrected chi connectivity index (χ1v) is 10.4. The Balaban J connectivity index is 1.75. The Morgan fingerprint density at radius 1 is 1.19 bits per heavy atom. The third-order valence-corrected chi connectivity index (χ3v) is 6.63. The molecule has 2 aromatic rings. The third-order valence-electron chi connectivity index (χ3n) is 4.75. The molecule has 1 atom stereocenters. The molecule has 3 rings (SSSR count). The maximum atomic E-state index is 12.8. The smallest absolute Gasteiger partial charge is 0.243 e. The van der Waals surface area contributed by atoms with Gasteiger partial charge in [0, 0.05) is 13.1 Å². The molecule has 1 amide bonds. The maximum Gasteiger partial charge on any atom is 0.243 e. The number of aryl methyl sites for hydroxylation is 1. The van der Waals surface area contributed by atoms with Gasteiger partial charge in [-0.25, -0.2) is 8.42 Å². The van der Waals surface area contributed by atoms with Crippen LogP contribution in [0.15, 0.2) is 53.4 Å². The van der Waals surface area contributed by atoms with Crippen molar-refractivity contribution in [3.8, 4) is 5.75 Å². The quantitative estimate of drug-likeness (QED) is 0.854. The Labute approximate surface area is 160 Å². The first-order valence-electron chi connectivity index (χ1n) is 8.92. The molecule has 144 valence electrons. The minimum atomic E-state index is -3.59. The highest BCUT2D eigenvalue weighted by Crippen LogP contribution is 2.28. The van der Waals surface area contributed by atoms with Gasteiger partial charge in [-0.2, -0.15) is 4.31 Å². The zero-order chi connectivity index (χ0) is 19.4. The summed E-state index contributed by atoms with van der Waals surface area (Å²) >= 11 is 0. The summed E-state index contributed by atoms with van der Waals surface area (Å²) in [6.45, 7) is 2.54. The summed E-state index contributed by atoms with van der Waals surface area (Å²) in [6, 6.07) is 13.9.